The molecule has 1 aromatic heterocycles. The van der Waals surface area contributed by atoms with Crippen molar-refractivity contribution >= 4 is 39.1 Å². The number of aromatic nitrogens is 1. The van der Waals surface area contributed by atoms with Gasteiger partial charge in [0, 0.05) is 19.3 Å². The van der Waals surface area contributed by atoms with Gasteiger partial charge in [-0.15, -0.1) is 0 Å². The molecule has 1 fully saturated rings. The van der Waals surface area contributed by atoms with Gasteiger partial charge < -0.3 is 10.1 Å². The number of nitrogens with one attached hydrogen (secondary N) is 1. The standard InChI is InChI=1S/C8H11IN2OS/c9-7-5-10-13-8(7)11-6-1-3-12-4-2-6/h5-6,11H,1-4H2. The number of hydrogen-bond donors (Lipinski definition) is 1. The number of ether oxygens (including phenoxy) is 1. The van der Waals surface area contributed by atoms with Crippen LogP contribution in [0.1, 0.15) is 12.8 Å². The first kappa shape index (κ1) is 9.67. The molecule has 5 heteroatoms. The van der Waals surface area contributed by atoms with Crippen molar-refractivity contribution < 1.29 is 4.74 Å². The molecule has 0 radical (unpaired) electrons. The van der Waals surface area contributed by atoms with Gasteiger partial charge in [-0.25, -0.2) is 0 Å². The molecule has 0 unspecified atom stereocenters. The van der Waals surface area contributed by atoms with Gasteiger partial charge in [0.05, 0.1) is 9.77 Å². The molecule has 1 aliphatic heterocycles. The van der Waals surface area contributed by atoms with Crippen molar-refractivity contribution in [3.05, 3.63) is 9.77 Å². The summed E-state index contributed by atoms with van der Waals surface area (Å²) in [6.07, 6.45) is 4.11. The Morgan fingerprint density at radius 2 is 2.31 bits per heavy atom. The van der Waals surface area contributed by atoms with E-state index in [4.69, 9.17) is 4.74 Å². The van der Waals surface area contributed by atoms with Crippen molar-refractivity contribution in [3.8, 4) is 0 Å². The maximum absolute atomic E-state index is 5.30. The molecule has 0 aromatic carbocycles. The highest BCUT2D eigenvalue weighted by Crippen LogP contribution is 2.24. The highest BCUT2D eigenvalue weighted by atomic mass is 127. The summed E-state index contributed by atoms with van der Waals surface area (Å²) in [5.41, 5.74) is 0. The maximum Gasteiger partial charge on any atom is 0.123 e. The van der Waals surface area contributed by atoms with Crippen LogP contribution in [0.5, 0.6) is 0 Å². The van der Waals surface area contributed by atoms with Crippen LogP contribution in [-0.2, 0) is 4.74 Å². The van der Waals surface area contributed by atoms with Crippen LogP contribution in [0.25, 0.3) is 0 Å². The first-order chi connectivity index (χ1) is 6.36. The summed E-state index contributed by atoms with van der Waals surface area (Å²) < 4.78 is 10.6. The zero-order chi connectivity index (χ0) is 9.10. The van der Waals surface area contributed by atoms with E-state index in [2.05, 4.69) is 32.3 Å². The first-order valence-corrected chi connectivity index (χ1v) is 6.16. The van der Waals surface area contributed by atoms with E-state index in [1.54, 1.807) is 0 Å². The second-order valence-corrected chi connectivity index (χ2v) is 5.00. The van der Waals surface area contributed by atoms with E-state index in [1.807, 2.05) is 6.20 Å². The number of nitrogens with zero attached hydrogens (tertiary/aromatic N) is 1. The van der Waals surface area contributed by atoms with Crippen molar-refractivity contribution in [2.75, 3.05) is 18.5 Å². The molecule has 3 nitrogen and oxygen atoms in total. The molecular formula is C8H11IN2OS. The predicted octanol–water partition coefficient (Wildman–Crippen LogP) is 2.34. The third-order valence-corrected chi connectivity index (χ3v) is 4.00. The van der Waals surface area contributed by atoms with E-state index < -0.39 is 0 Å². The fourth-order valence-electron chi connectivity index (χ4n) is 1.35. The molecule has 0 spiro atoms. The SMILES string of the molecule is Ic1cnsc1NC1CCOCC1. The lowest BCUT2D eigenvalue weighted by atomic mass is 10.1. The lowest BCUT2D eigenvalue weighted by Crippen LogP contribution is -2.27. The summed E-state index contributed by atoms with van der Waals surface area (Å²) >= 11 is 3.84. The number of hydrogen-bond acceptors (Lipinski definition) is 4. The summed E-state index contributed by atoms with van der Waals surface area (Å²) in [7, 11) is 0. The minimum atomic E-state index is 0.572. The molecule has 0 bridgehead atoms. The van der Waals surface area contributed by atoms with Gasteiger partial charge in [-0.3, -0.25) is 0 Å². The number of halogens is 1. The Morgan fingerprint density at radius 3 is 2.92 bits per heavy atom. The van der Waals surface area contributed by atoms with Crippen LogP contribution in [0, 0.1) is 3.57 Å². The van der Waals surface area contributed by atoms with Crippen LogP contribution in [0.2, 0.25) is 0 Å². The molecule has 1 aromatic rings. The molecule has 0 aliphatic carbocycles. The van der Waals surface area contributed by atoms with Crippen LogP contribution in [0.3, 0.4) is 0 Å². The van der Waals surface area contributed by atoms with Gasteiger partial charge in [0.25, 0.3) is 0 Å². The van der Waals surface area contributed by atoms with Crippen LogP contribution < -0.4 is 5.32 Å². The van der Waals surface area contributed by atoms with E-state index in [0.29, 0.717) is 6.04 Å². The third-order valence-electron chi connectivity index (χ3n) is 2.08. The van der Waals surface area contributed by atoms with Gasteiger partial charge in [-0.1, -0.05) is 0 Å². The van der Waals surface area contributed by atoms with Crippen molar-refractivity contribution in [1.29, 1.82) is 0 Å². The second kappa shape index (κ2) is 4.56. The summed E-state index contributed by atoms with van der Waals surface area (Å²) in [5, 5.41) is 4.70. The maximum atomic E-state index is 5.30. The van der Waals surface area contributed by atoms with Gasteiger partial charge >= 0.3 is 0 Å². The molecule has 0 saturated carbocycles. The summed E-state index contributed by atoms with van der Waals surface area (Å²) in [6, 6.07) is 0.572. The van der Waals surface area contributed by atoms with Gasteiger partial charge in [0.1, 0.15) is 5.00 Å². The Labute approximate surface area is 95.2 Å². The molecule has 2 rings (SSSR count). The molecular weight excluding hydrogens is 299 g/mol. The monoisotopic (exact) mass is 310 g/mol. The number of rotatable bonds is 2. The molecule has 1 aliphatic rings. The van der Waals surface area contributed by atoms with Gasteiger partial charge in [0.2, 0.25) is 0 Å². The zero-order valence-electron chi connectivity index (χ0n) is 7.12. The molecule has 1 saturated heterocycles. The zero-order valence-corrected chi connectivity index (χ0v) is 10.1. The van der Waals surface area contributed by atoms with Crippen LogP contribution in [-0.4, -0.2) is 23.6 Å². The fraction of sp³-hybridized carbons (Fsp3) is 0.625. The van der Waals surface area contributed by atoms with Gasteiger partial charge in [-0.05, 0) is 47.0 Å². The average Bonchev–Trinajstić information content (AvgIpc) is 2.54. The van der Waals surface area contributed by atoms with Crippen molar-refractivity contribution in [1.82, 2.24) is 4.37 Å². The van der Waals surface area contributed by atoms with Crippen molar-refractivity contribution in [3.63, 3.8) is 0 Å². The van der Waals surface area contributed by atoms with Crippen LogP contribution in [0.15, 0.2) is 6.20 Å². The van der Waals surface area contributed by atoms with E-state index in [-0.39, 0.29) is 0 Å². The number of anilines is 1. The van der Waals surface area contributed by atoms with E-state index in [1.165, 1.54) is 20.1 Å². The lowest BCUT2D eigenvalue weighted by molar-refractivity contribution is 0.0905. The summed E-state index contributed by atoms with van der Waals surface area (Å²) in [6.45, 7) is 1.76. The van der Waals surface area contributed by atoms with Gasteiger partial charge in [0.15, 0.2) is 0 Å². The van der Waals surface area contributed by atoms with Crippen molar-refractivity contribution in [2.45, 2.75) is 18.9 Å². The highest BCUT2D eigenvalue weighted by Gasteiger charge is 2.15. The normalized spacial score (nSPS) is 18.8. The van der Waals surface area contributed by atoms with E-state index in [9.17, 15) is 0 Å². The predicted molar refractivity (Wildman–Crippen MR) is 62.3 cm³/mol. The molecule has 2 heterocycles. The lowest BCUT2D eigenvalue weighted by Gasteiger charge is -2.23. The van der Waals surface area contributed by atoms with E-state index in [0.717, 1.165) is 26.1 Å². The summed E-state index contributed by atoms with van der Waals surface area (Å²) in [5.74, 6) is 0. The minimum absolute atomic E-state index is 0.572. The smallest absolute Gasteiger partial charge is 0.123 e. The Balaban J connectivity index is 1.93. The van der Waals surface area contributed by atoms with Crippen LogP contribution >= 0.6 is 34.1 Å². The Hall–Kier alpha value is 0.120. The molecule has 72 valence electrons. The second-order valence-electron chi connectivity index (χ2n) is 3.03. The Bertz CT molecular complexity index is 273. The summed E-state index contributed by atoms with van der Waals surface area (Å²) in [4.78, 5) is 0. The van der Waals surface area contributed by atoms with Crippen molar-refractivity contribution in [2.24, 2.45) is 0 Å². The Morgan fingerprint density at radius 1 is 1.54 bits per heavy atom. The Kier molecular flexibility index (Phi) is 3.39. The largest absolute Gasteiger partial charge is 0.381 e. The topological polar surface area (TPSA) is 34.2 Å². The van der Waals surface area contributed by atoms with Crippen LogP contribution in [0.4, 0.5) is 5.00 Å². The van der Waals surface area contributed by atoms with Gasteiger partial charge in [-0.2, -0.15) is 4.37 Å². The van der Waals surface area contributed by atoms with E-state index >= 15 is 0 Å². The first-order valence-electron chi connectivity index (χ1n) is 4.31. The molecule has 13 heavy (non-hydrogen) atoms. The molecule has 0 atom stereocenters. The third kappa shape index (κ3) is 2.54. The highest BCUT2D eigenvalue weighted by molar-refractivity contribution is 14.1. The molecule has 0 amide bonds. The minimum Gasteiger partial charge on any atom is -0.381 e. The quantitative estimate of drug-likeness (QED) is 0.852. The fourth-order valence-corrected chi connectivity index (χ4v) is 2.75. The average molecular weight is 310 g/mol. The molecule has 1 N–H and O–H groups in total.